The van der Waals surface area contributed by atoms with Crippen molar-refractivity contribution < 1.29 is 13.9 Å². The molecule has 0 fully saturated rings. The highest BCUT2D eigenvalue weighted by Crippen LogP contribution is 2.66. The number of para-hydroxylation sites is 5. The third kappa shape index (κ3) is 5.84. The third-order valence-corrected chi connectivity index (χ3v) is 17.7. The van der Waals surface area contributed by atoms with Crippen molar-refractivity contribution in [1.82, 2.24) is 0 Å². The molecule has 0 radical (unpaired) electrons. The molecule has 11 aromatic carbocycles. The Bertz CT molecular complexity index is 4460. The van der Waals surface area contributed by atoms with Crippen LogP contribution in [0.2, 0.25) is 0 Å². The molecular formula is C74H47NO3. The predicted octanol–water partition coefficient (Wildman–Crippen LogP) is 19.0. The van der Waals surface area contributed by atoms with Crippen molar-refractivity contribution in [2.24, 2.45) is 5.92 Å². The first-order chi connectivity index (χ1) is 38.7. The fraction of sp³-hybridized carbons (Fsp3) is 0.0541. The summed E-state index contributed by atoms with van der Waals surface area (Å²) >= 11 is 0. The first-order valence-corrected chi connectivity index (χ1v) is 27.0. The van der Waals surface area contributed by atoms with E-state index in [2.05, 4.69) is 266 Å². The zero-order valence-electron chi connectivity index (χ0n) is 42.3. The summed E-state index contributed by atoms with van der Waals surface area (Å²) in [6, 6.07) is 92.7. The van der Waals surface area contributed by atoms with Gasteiger partial charge in [-0.2, -0.15) is 0 Å². The molecule has 5 aliphatic rings. The van der Waals surface area contributed by atoms with Gasteiger partial charge in [-0.1, -0.05) is 200 Å². The quantitative estimate of drug-likeness (QED) is 0.172. The fourth-order valence-electron chi connectivity index (χ4n) is 14.6. The van der Waals surface area contributed by atoms with E-state index >= 15 is 0 Å². The molecule has 0 saturated carbocycles. The Morgan fingerprint density at radius 3 is 1.71 bits per heavy atom. The Balaban J connectivity index is 0.846. The summed E-state index contributed by atoms with van der Waals surface area (Å²) in [6.45, 7) is 0. The molecule has 2 spiro atoms. The van der Waals surface area contributed by atoms with Gasteiger partial charge in [-0.15, -0.1) is 0 Å². The van der Waals surface area contributed by atoms with Gasteiger partial charge in [-0.25, -0.2) is 0 Å². The fourth-order valence-corrected chi connectivity index (χ4v) is 14.6. The van der Waals surface area contributed by atoms with E-state index in [1.54, 1.807) is 0 Å². The highest BCUT2D eigenvalue weighted by atomic mass is 16.5. The van der Waals surface area contributed by atoms with Gasteiger partial charge >= 0.3 is 0 Å². The Morgan fingerprint density at radius 2 is 0.962 bits per heavy atom. The van der Waals surface area contributed by atoms with E-state index in [0.29, 0.717) is 0 Å². The van der Waals surface area contributed by atoms with Crippen molar-refractivity contribution in [1.29, 1.82) is 0 Å². The van der Waals surface area contributed by atoms with Gasteiger partial charge in [0.05, 0.1) is 16.5 Å². The van der Waals surface area contributed by atoms with E-state index in [-0.39, 0.29) is 11.8 Å². The minimum Gasteiger partial charge on any atom is -0.457 e. The highest BCUT2D eigenvalue weighted by Gasteiger charge is 2.57. The number of furan rings is 1. The van der Waals surface area contributed by atoms with Crippen LogP contribution in [0.4, 0.5) is 17.1 Å². The van der Waals surface area contributed by atoms with Crippen molar-refractivity contribution in [3.63, 3.8) is 0 Å². The van der Waals surface area contributed by atoms with E-state index in [1.165, 1.54) is 50.1 Å². The Hall–Kier alpha value is -9.90. The average Bonchev–Trinajstić information content (AvgIpc) is 4.22. The van der Waals surface area contributed by atoms with Crippen molar-refractivity contribution in [2.75, 3.05) is 4.90 Å². The first kappa shape index (κ1) is 43.4. The lowest BCUT2D eigenvalue weighted by atomic mass is 9.61. The molecule has 0 N–H and O–H groups in total. The smallest absolute Gasteiger partial charge is 0.135 e. The van der Waals surface area contributed by atoms with Crippen LogP contribution in [0.3, 0.4) is 0 Å². The van der Waals surface area contributed by atoms with E-state index in [0.717, 1.165) is 89.8 Å². The monoisotopic (exact) mass is 997 g/mol. The van der Waals surface area contributed by atoms with Gasteiger partial charge in [-0.3, -0.25) is 0 Å². The molecule has 4 nitrogen and oxygen atoms in total. The lowest BCUT2D eigenvalue weighted by Crippen LogP contribution is -2.37. The Kier molecular flexibility index (Phi) is 9.06. The van der Waals surface area contributed by atoms with Crippen LogP contribution in [0, 0.1) is 5.92 Å². The minimum atomic E-state index is -0.616. The van der Waals surface area contributed by atoms with Crippen LogP contribution in [0.1, 0.15) is 56.0 Å². The van der Waals surface area contributed by atoms with Crippen LogP contribution in [-0.4, -0.2) is 0 Å². The van der Waals surface area contributed by atoms with Crippen molar-refractivity contribution >= 4 is 44.6 Å². The van der Waals surface area contributed by atoms with Crippen LogP contribution in [0.25, 0.3) is 49.8 Å². The SMILES string of the molecule is C1=CC2C(C=C1c1cccc(N(c3ccc(-c4ccc5oc6ccccc6c5c4)cc3)c3cccc4c3-c3ccccc3C43c4ccccc4Oc4ccccc43)c1)c1ccccc1C21c2ccccc2Oc2ccccc21. The predicted molar refractivity (Wildman–Crippen MR) is 314 cm³/mol. The highest BCUT2D eigenvalue weighted by molar-refractivity contribution is 6.06. The summed E-state index contributed by atoms with van der Waals surface area (Å²) in [4.78, 5) is 2.48. The number of hydrogen-bond acceptors (Lipinski definition) is 4. The number of fused-ring (bicyclic) bond motifs is 21. The van der Waals surface area contributed by atoms with Crippen LogP contribution >= 0.6 is 0 Å². The van der Waals surface area contributed by atoms with E-state index in [4.69, 9.17) is 13.9 Å². The molecule has 1 aromatic heterocycles. The summed E-state index contributed by atoms with van der Waals surface area (Å²) in [5.74, 6) is 3.87. The first-order valence-electron chi connectivity index (χ1n) is 27.0. The van der Waals surface area contributed by atoms with Crippen molar-refractivity contribution in [3.8, 4) is 45.3 Å². The Morgan fingerprint density at radius 1 is 0.385 bits per heavy atom. The molecule has 3 heterocycles. The summed E-state index contributed by atoms with van der Waals surface area (Å²) < 4.78 is 19.7. The molecule has 3 aliphatic carbocycles. The van der Waals surface area contributed by atoms with Gasteiger partial charge in [-0.05, 0) is 123 Å². The number of hydrogen-bond donors (Lipinski definition) is 0. The molecule has 4 heteroatoms. The lowest BCUT2D eigenvalue weighted by Gasteiger charge is -2.43. The minimum absolute atomic E-state index is 0.127. The van der Waals surface area contributed by atoms with Crippen LogP contribution in [-0.2, 0) is 10.8 Å². The molecule has 0 amide bonds. The standard InChI is InChI=1S/C74H47NO3/c1-4-22-57-52(19-1)55-44-49(37-41-59(55)73(57)60-24-6-11-31-68(60)77-69-32-12-7-25-61(69)73)47-17-15-18-51(43-47)75(50-39-35-46(36-40-50)48-38-42-67-56(45-48)53-20-3-10-30-66(53)76-67)65-29-16-28-64-72(65)54-21-2-5-23-58(54)74(64)62-26-8-13-33-70(62)78-71-34-14-9-27-63(71)74/h1-45,55,59H. The van der Waals surface area contributed by atoms with Gasteiger partial charge in [0, 0.05) is 61.8 Å². The Labute approximate surface area is 452 Å². The normalized spacial score (nSPS) is 16.9. The molecule has 366 valence electrons. The molecule has 2 atom stereocenters. The summed E-state index contributed by atoms with van der Waals surface area (Å²) in [6.07, 6.45) is 7.42. The van der Waals surface area contributed by atoms with E-state index in [1.807, 2.05) is 12.1 Å². The third-order valence-electron chi connectivity index (χ3n) is 17.7. The second-order valence-corrected chi connectivity index (χ2v) is 21.4. The molecule has 12 aromatic rings. The van der Waals surface area contributed by atoms with Gasteiger partial charge in [0.1, 0.15) is 34.2 Å². The van der Waals surface area contributed by atoms with Gasteiger partial charge in [0.2, 0.25) is 0 Å². The van der Waals surface area contributed by atoms with E-state index < -0.39 is 10.8 Å². The topological polar surface area (TPSA) is 34.8 Å². The van der Waals surface area contributed by atoms with Gasteiger partial charge in [0.25, 0.3) is 0 Å². The second kappa shape index (κ2) is 16.3. The molecule has 2 unspecified atom stereocenters. The van der Waals surface area contributed by atoms with Crippen LogP contribution in [0.15, 0.2) is 277 Å². The number of nitrogens with zero attached hydrogens (tertiary/aromatic N) is 1. The van der Waals surface area contributed by atoms with Crippen molar-refractivity contribution in [2.45, 2.75) is 16.7 Å². The molecule has 17 rings (SSSR count). The molecular weight excluding hydrogens is 951 g/mol. The number of allylic oxidation sites excluding steroid dienone is 4. The number of ether oxygens (including phenoxy) is 2. The number of rotatable bonds is 5. The average molecular weight is 998 g/mol. The maximum Gasteiger partial charge on any atom is 0.135 e. The van der Waals surface area contributed by atoms with Crippen molar-refractivity contribution in [3.05, 3.63) is 323 Å². The van der Waals surface area contributed by atoms with Crippen LogP contribution < -0.4 is 14.4 Å². The zero-order valence-corrected chi connectivity index (χ0v) is 42.3. The maximum atomic E-state index is 6.75. The largest absolute Gasteiger partial charge is 0.457 e. The molecule has 0 saturated heterocycles. The van der Waals surface area contributed by atoms with Gasteiger partial charge in [0.15, 0.2) is 0 Å². The summed E-state index contributed by atoms with van der Waals surface area (Å²) in [5.41, 5.74) is 20.9. The van der Waals surface area contributed by atoms with Crippen LogP contribution in [0.5, 0.6) is 23.0 Å². The number of anilines is 3. The molecule has 2 aliphatic heterocycles. The molecule has 78 heavy (non-hydrogen) atoms. The molecule has 0 bridgehead atoms. The lowest BCUT2D eigenvalue weighted by molar-refractivity contribution is 0.374. The zero-order chi connectivity index (χ0) is 51.1. The van der Waals surface area contributed by atoms with E-state index in [9.17, 15) is 0 Å². The maximum absolute atomic E-state index is 6.75. The summed E-state index contributed by atoms with van der Waals surface area (Å²) in [5, 5.41) is 2.24. The number of benzene rings is 11. The second-order valence-electron chi connectivity index (χ2n) is 21.4. The van der Waals surface area contributed by atoms with Gasteiger partial charge < -0.3 is 18.8 Å². The summed E-state index contributed by atoms with van der Waals surface area (Å²) in [7, 11) is 0.